The molecule has 2 nitrogen and oxygen atoms in total. The van der Waals surface area contributed by atoms with Crippen LogP contribution in [0, 0.1) is 17.1 Å². The van der Waals surface area contributed by atoms with Gasteiger partial charge in [-0.25, -0.2) is 4.39 Å². The van der Waals surface area contributed by atoms with Crippen LogP contribution in [0.3, 0.4) is 0 Å². The first-order chi connectivity index (χ1) is 9.85. The Morgan fingerprint density at radius 3 is 2.67 bits per heavy atom. The second kappa shape index (κ2) is 5.56. The van der Waals surface area contributed by atoms with Crippen molar-refractivity contribution in [1.82, 2.24) is 0 Å². The van der Waals surface area contributed by atoms with E-state index in [4.69, 9.17) is 14.1 Å². The zero-order chi connectivity index (χ0) is 15.5. The molecule has 0 spiro atoms. The Morgan fingerprint density at radius 1 is 1.22 bits per heavy atom. The first-order valence-electron chi connectivity index (χ1n) is 6.53. The third-order valence-electron chi connectivity index (χ3n) is 2.18. The molecule has 0 unspecified atom stereocenters. The van der Waals surface area contributed by atoms with Gasteiger partial charge >= 0.3 is 0 Å². The van der Waals surface area contributed by atoms with Crippen LogP contribution < -0.4 is 4.74 Å². The standard InChI is InChI=1S/C14H10FNOS/c1-18-14-4-2-12(3-5-14)17-13-7-10(9-16)6-11(15)8-13/h2-8H,1H3/i1D3. The molecule has 0 atom stereocenters. The van der Waals surface area contributed by atoms with Crippen molar-refractivity contribution in [1.29, 1.82) is 5.26 Å². The number of hydrogen-bond acceptors (Lipinski definition) is 3. The van der Waals surface area contributed by atoms with Gasteiger partial charge in [0.15, 0.2) is 0 Å². The van der Waals surface area contributed by atoms with Crippen molar-refractivity contribution in [2.24, 2.45) is 0 Å². The van der Waals surface area contributed by atoms with Gasteiger partial charge in [0, 0.05) is 15.1 Å². The van der Waals surface area contributed by atoms with Crippen molar-refractivity contribution < 1.29 is 13.2 Å². The van der Waals surface area contributed by atoms with Crippen LogP contribution in [0.2, 0.25) is 0 Å². The van der Waals surface area contributed by atoms with Crippen LogP contribution in [-0.2, 0) is 0 Å². The van der Waals surface area contributed by atoms with E-state index >= 15 is 0 Å². The molecule has 2 aromatic rings. The van der Waals surface area contributed by atoms with Crippen LogP contribution in [0.25, 0.3) is 0 Å². The van der Waals surface area contributed by atoms with Crippen LogP contribution in [0.5, 0.6) is 11.5 Å². The Hall–Kier alpha value is -1.99. The molecular weight excluding hydrogens is 249 g/mol. The predicted molar refractivity (Wildman–Crippen MR) is 69.4 cm³/mol. The highest BCUT2D eigenvalue weighted by Gasteiger charge is 2.03. The second-order valence-corrected chi connectivity index (χ2v) is 4.14. The summed E-state index contributed by atoms with van der Waals surface area (Å²) in [4.78, 5) is 0.583. The summed E-state index contributed by atoms with van der Waals surface area (Å²) in [6, 6.07) is 11.9. The maximum absolute atomic E-state index is 13.3. The van der Waals surface area contributed by atoms with Gasteiger partial charge in [0.1, 0.15) is 17.3 Å². The van der Waals surface area contributed by atoms with Crippen LogP contribution in [-0.4, -0.2) is 6.18 Å². The van der Waals surface area contributed by atoms with E-state index in [0.717, 1.165) is 17.8 Å². The quantitative estimate of drug-likeness (QED) is 0.777. The summed E-state index contributed by atoms with van der Waals surface area (Å²) in [6.45, 7) is 0. The molecule has 0 saturated heterocycles. The van der Waals surface area contributed by atoms with Gasteiger partial charge in [-0.15, -0.1) is 11.8 Å². The lowest BCUT2D eigenvalue weighted by Gasteiger charge is -2.06. The Balaban J connectivity index is 2.14. The van der Waals surface area contributed by atoms with Crippen LogP contribution >= 0.6 is 11.8 Å². The largest absolute Gasteiger partial charge is 0.457 e. The highest BCUT2D eigenvalue weighted by atomic mass is 32.2. The van der Waals surface area contributed by atoms with Crippen molar-refractivity contribution in [2.75, 3.05) is 6.18 Å². The van der Waals surface area contributed by atoms with E-state index in [1.54, 1.807) is 24.3 Å². The Kier molecular flexibility index (Phi) is 2.78. The molecule has 0 bridgehead atoms. The SMILES string of the molecule is [2H]C([2H])([2H])Sc1ccc(Oc2cc(F)cc(C#N)c2)cc1. The number of nitrogens with zero attached hydrogens (tertiary/aromatic N) is 1. The summed E-state index contributed by atoms with van der Waals surface area (Å²) in [5, 5.41) is 8.77. The second-order valence-electron chi connectivity index (χ2n) is 3.46. The molecule has 0 N–H and O–H groups in total. The molecule has 0 saturated carbocycles. The molecule has 2 aromatic carbocycles. The summed E-state index contributed by atoms with van der Waals surface area (Å²) in [5.74, 6) is 0.0841. The zero-order valence-electron chi connectivity index (χ0n) is 12.2. The summed E-state index contributed by atoms with van der Waals surface area (Å²) in [7, 11) is 0. The molecule has 2 rings (SSSR count). The number of nitriles is 1. The highest BCUT2D eigenvalue weighted by Crippen LogP contribution is 2.25. The fraction of sp³-hybridized carbons (Fsp3) is 0.0714. The summed E-state index contributed by atoms with van der Waals surface area (Å²) in [6.07, 6.45) is -2.10. The minimum Gasteiger partial charge on any atom is -0.457 e. The van der Waals surface area contributed by atoms with E-state index in [0.29, 0.717) is 10.6 Å². The van der Waals surface area contributed by atoms with Crippen molar-refractivity contribution in [3.8, 4) is 17.6 Å². The minimum atomic E-state index is -2.10. The van der Waals surface area contributed by atoms with E-state index < -0.39 is 12.0 Å². The summed E-state index contributed by atoms with van der Waals surface area (Å²) < 4.78 is 40.2. The molecule has 4 heteroatoms. The van der Waals surface area contributed by atoms with Crippen molar-refractivity contribution in [3.63, 3.8) is 0 Å². The van der Waals surface area contributed by atoms with Crippen LogP contribution in [0.1, 0.15) is 9.68 Å². The molecule has 0 aromatic heterocycles. The number of halogens is 1. The molecule has 18 heavy (non-hydrogen) atoms. The van der Waals surface area contributed by atoms with Crippen LogP contribution in [0.15, 0.2) is 47.4 Å². The Labute approximate surface area is 113 Å². The van der Waals surface area contributed by atoms with E-state index in [-0.39, 0.29) is 11.3 Å². The molecule has 0 aliphatic heterocycles. The molecule has 90 valence electrons. The van der Waals surface area contributed by atoms with E-state index in [1.165, 1.54) is 12.1 Å². The number of thioether (sulfide) groups is 1. The van der Waals surface area contributed by atoms with Gasteiger partial charge < -0.3 is 4.74 Å². The lowest BCUT2D eigenvalue weighted by atomic mass is 10.2. The van der Waals surface area contributed by atoms with Gasteiger partial charge in [-0.05, 0) is 42.6 Å². The van der Waals surface area contributed by atoms with E-state index in [9.17, 15) is 4.39 Å². The third-order valence-corrected chi connectivity index (χ3v) is 2.69. The molecule has 0 radical (unpaired) electrons. The average Bonchev–Trinajstić information content (AvgIpc) is 2.38. The molecule has 0 amide bonds. The average molecular weight is 262 g/mol. The maximum atomic E-state index is 13.3. The van der Waals surface area contributed by atoms with Crippen LogP contribution in [0.4, 0.5) is 4.39 Å². The first kappa shape index (κ1) is 9.01. The summed E-state index contributed by atoms with van der Waals surface area (Å²) >= 11 is 0.766. The number of rotatable bonds is 3. The first-order valence-corrected chi connectivity index (χ1v) is 5.85. The monoisotopic (exact) mass is 262 g/mol. The van der Waals surface area contributed by atoms with Gasteiger partial charge in [0.05, 0.1) is 11.6 Å². The molecular formula is C14H10FNOS. The van der Waals surface area contributed by atoms with Crippen molar-refractivity contribution in [3.05, 3.63) is 53.8 Å². The van der Waals surface area contributed by atoms with Gasteiger partial charge in [0.2, 0.25) is 0 Å². The lowest BCUT2D eigenvalue weighted by molar-refractivity contribution is 0.476. The van der Waals surface area contributed by atoms with E-state index in [2.05, 4.69) is 0 Å². The smallest absolute Gasteiger partial charge is 0.131 e. The number of hydrogen-bond donors (Lipinski definition) is 0. The number of ether oxygens (including phenoxy) is 1. The molecule has 0 aliphatic rings. The van der Waals surface area contributed by atoms with Crippen molar-refractivity contribution >= 4 is 11.8 Å². The predicted octanol–water partition coefficient (Wildman–Crippen LogP) is 4.21. The maximum Gasteiger partial charge on any atom is 0.131 e. The molecule has 0 heterocycles. The molecule has 0 fully saturated rings. The minimum absolute atomic E-state index is 0.166. The number of benzene rings is 2. The van der Waals surface area contributed by atoms with Gasteiger partial charge in [-0.3, -0.25) is 0 Å². The Morgan fingerprint density at radius 2 is 2.00 bits per heavy atom. The van der Waals surface area contributed by atoms with Gasteiger partial charge in [-0.1, -0.05) is 0 Å². The van der Waals surface area contributed by atoms with E-state index in [1.807, 2.05) is 6.07 Å². The van der Waals surface area contributed by atoms with Gasteiger partial charge in [0.25, 0.3) is 0 Å². The molecule has 0 aliphatic carbocycles. The summed E-state index contributed by atoms with van der Waals surface area (Å²) in [5.41, 5.74) is 0.166. The zero-order valence-corrected chi connectivity index (χ0v) is 10.00. The Bertz CT molecular complexity index is 680. The topological polar surface area (TPSA) is 33.0 Å². The normalized spacial score (nSPS) is 13.0. The third kappa shape index (κ3) is 3.02. The highest BCUT2D eigenvalue weighted by molar-refractivity contribution is 7.98. The lowest BCUT2D eigenvalue weighted by Crippen LogP contribution is -1.87. The van der Waals surface area contributed by atoms with Crippen molar-refractivity contribution in [2.45, 2.75) is 4.90 Å². The fourth-order valence-electron chi connectivity index (χ4n) is 1.40. The fourth-order valence-corrected chi connectivity index (χ4v) is 1.67. The van der Waals surface area contributed by atoms with Gasteiger partial charge in [-0.2, -0.15) is 5.26 Å².